The van der Waals surface area contributed by atoms with E-state index >= 15 is 0 Å². The summed E-state index contributed by atoms with van der Waals surface area (Å²) in [7, 11) is 0. The molecule has 100 valence electrons. The van der Waals surface area contributed by atoms with E-state index in [1.807, 2.05) is 19.1 Å². The minimum Gasteiger partial charge on any atom is -0.382 e. The van der Waals surface area contributed by atoms with Crippen LogP contribution >= 0.6 is 0 Å². The number of benzene rings is 1. The minimum absolute atomic E-state index is 0.162. The third kappa shape index (κ3) is 4.07. The molecular formula is C15H22FNO. The van der Waals surface area contributed by atoms with Gasteiger partial charge in [-0.1, -0.05) is 12.1 Å². The summed E-state index contributed by atoms with van der Waals surface area (Å²) in [6.45, 7) is 4.56. The molecule has 1 aliphatic rings. The minimum atomic E-state index is -0.162. The van der Waals surface area contributed by atoms with Crippen LogP contribution in [0.2, 0.25) is 0 Å². The smallest absolute Gasteiger partial charge is 0.123 e. The molecule has 0 spiro atoms. The molecule has 2 rings (SSSR count). The average molecular weight is 251 g/mol. The fourth-order valence-corrected chi connectivity index (χ4v) is 2.23. The van der Waals surface area contributed by atoms with Gasteiger partial charge in [0.05, 0.1) is 0 Å². The predicted molar refractivity (Wildman–Crippen MR) is 71.0 cm³/mol. The Bertz CT molecular complexity index is 348. The molecule has 0 amide bonds. The first-order valence-corrected chi connectivity index (χ1v) is 6.88. The number of halogens is 1. The zero-order valence-electron chi connectivity index (χ0n) is 11.0. The molecule has 1 aliphatic carbocycles. The molecule has 0 saturated heterocycles. The van der Waals surface area contributed by atoms with E-state index in [0.29, 0.717) is 6.04 Å². The van der Waals surface area contributed by atoms with Crippen LogP contribution in [0.4, 0.5) is 4.39 Å². The number of hydrogen-bond donors (Lipinski definition) is 1. The molecule has 1 aromatic carbocycles. The van der Waals surface area contributed by atoms with E-state index in [1.54, 1.807) is 12.1 Å². The van der Waals surface area contributed by atoms with Crippen molar-refractivity contribution in [3.63, 3.8) is 0 Å². The van der Waals surface area contributed by atoms with Crippen LogP contribution in [-0.2, 0) is 4.74 Å². The summed E-state index contributed by atoms with van der Waals surface area (Å²) in [4.78, 5) is 0. The Hall–Kier alpha value is -0.930. The second-order valence-corrected chi connectivity index (χ2v) is 4.87. The van der Waals surface area contributed by atoms with E-state index in [-0.39, 0.29) is 5.82 Å². The van der Waals surface area contributed by atoms with Crippen molar-refractivity contribution in [1.29, 1.82) is 0 Å². The highest BCUT2D eigenvalue weighted by Gasteiger charge is 2.31. The SMILES string of the molecule is CCOCCCNC(c1ccc(F)cc1)C1CC1. The van der Waals surface area contributed by atoms with E-state index in [2.05, 4.69) is 5.32 Å². The van der Waals surface area contributed by atoms with E-state index in [4.69, 9.17) is 4.74 Å². The largest absolute Gasteiger partial charge is 0.382 e. The van der Waals surface area contributed by atoms with Gasteiger partial charge in [-0.25, -0.2) is 4.39 Å². The van der Waals surface area contributed by atoms with Crippen LogP contribution in [-0.4, -0.2) is 19.8 Å². The lowest BCUT2D eigenvalue weighted by molar-refractivity contribution is 0.144. The third-order valence-corrected chi connectivity index (χ3v) is 3.36. The second-order valence-electron chi connectivity index (χ2n) is 4.87. The van der Waals surface area contributed by atoms with Crippen LogP contribution in [0.15, 0.2) is 24.3 Å². The topological polar surface area (TPSA) is 21.3 Å². The van der Waals surface area contributed by atoms with Gasteiger partial charge < -0.3 is 10.1 Å². The monoisotopic (exact) mass is 251 g/mol. The van der Waals surface area contributed by atoms with Crippen molar-refractivity contribution in [3.05, 3.63) is 35.6 Å². The summed E-state index contributed by atoms with van der Waals surface area (Å²) in [6, 6.07) is 7.27. The molecule has 18 heavy (non-hydrogen) atoms. The normalized spacial score (nSPS) is 16.8. The highest BCUT2D eigenvalue weighted by molar-refractivity contribution is 5.21. The first kappa shape index (κ1) is 13.5. The molecule has 0 aromatic heterocycles. The van der Waals surface area contributed by atoms with Gasteiger partial charge in [-0.05, 0) is 56.3 Å². The molecule has 1 atom stereocenters. The third-order valence-electron chi connectivity index (χ3n) is 3.36. The Morgan fingerprint density at radius 2 is 2.06 bits per heavy atom. The summed E-state index contributed by atoms with van der Waals surface area (Å²) in [5.41, 5.74) is 1.20. The van der Waals surface area contributed by atoms with Crippen molar-refractivity contribution >= 4 is 0 Å². The van der Waals surface area contributed by atoms with Gasteiger partial charge in [-0.15, -0.1) is 0 Å². The number of nitrogens with one attached hydrogen (secondary N) is 1. The fourth-order valence-electron chi connectivity index (χ4n) is 2.23. The fraction of sp³-hybridized carbons (Fsp3) is 0.600. The van der Waals surface area contributed by atoms with Crippen LogP contribution < -0.4 is 5.32 Å². The van der Waals surface area contributed by atoms with Gasteiger partial charge in [0.25, 0.3) is 0 Å². The zero-order chi connectivity index (χ0) is 12.8. The van der Waals surface area contributed by atoms with Crippen LogP contribution in [0.1, 0.15) is 37.8 Å². The van der Waals surface area contributed by atoms with Crippen molar-refractivity contribution in [2.24, 2.45) is 5.92 Å². The molecule has 1 unspecified atom stereocenters. The van der Waals surface area contributed by atoms with Gasteiger partial charge in [0.1, 0.15) is 5.82 Å². The van der Waals surface area contributed by atoms with Gasteiger partial charge >= 0.3 is 0 Å². The number of rotatable bonds is 8. The molecular weight excluding hydrogens is 229 g/mol. The average Bonchev–Trinajstić information content (AvgIpc) is 3.20. The zero-order valence-corrected chi connectivity index (χ0v) is 11.0. The standard InChI is InChI=1S/C15H22FNO/c1-2-18-11-3-10-17-15(12-4-5-12)13-6-8-14(16)9-7-13/h6-9,12,15,17H,2-5,10-11H2,1H3. The van der Waals surface area contributed by atoms with Crippen molar-refractivity contribution in [2.75, 3.05) is 19.8 Å². The summed E-state index contributed by atoms with van der Waals surface area (Å²) in [6.07, 6.45) is 3.58. The summed E-state index contributed by atoms with van der Waals surface area (Å²) >= 11 is 0. The molecule has 0 aliphatic heterocycles. The highest BCUT2D eigenvalue weighted by atomic mass is 19.1. The second kappa shape index (κ2) is 6.86. The lowest BCUT2D eigenvalue weighted by Gasteiger charge is -2.18. The van der Waals surface area contributed by atoms with E-state index in [1.165, 1.54) is 18.4 Å². The van der Waals surface area contributed by atoms with Crippen LogP contribution in [0.5, 0.6) is 0 Å². The Balaban J connectivity index is 1.82. The Morgan fingerprint density at radius 1 is 1.33 bits per heavy atom. The summed E-state index contributed by atoms with van der Waals surface area (Å²) in [5.74, 6) is 0.562. The maximum Gasteiger partial charge on any atom is 0.123 e. The van der Waals surface area contributed by atoms with Crippen molar-refractivity contribution in [2.45, 2.75) is 32.2 Å². The van der Waals surface area contributed by atoms with Crippen LogP contribution in [0.25, 0.3) is 0 Å². The van der Waals surface area contributed by atoms with Crippen molar-refractivity contribution in [3.8, 4) is 0 Å². The summed E-state index contributed by atoms with van der Waals surface area (Å²) in [5, 5.41) is 3.57. The maximum atomic E-state index is 12.9. The van der Waals surface area contributed by atoms with Gasteiger partial charge in [0.2, 0.25) is 0 Å². The molecule has 0 radical (unpaired) electrons. The van der Waals surface area contributed by atoms with Crippen LogP contribution in [0.3, 0.4) is 0 Å². The number of hydrogen-bond acceptors (Lipinski definition) is 2. The molecule has 1 N–H and O–H groups in total. The first-order valence-electron chi connectivity index (χ1n) is 6.88. The lowest BCUT2D eigenvalue weighted by Crippen LogP contribution is -2.25. The predicted octanol–water partition coefficient (Wildman–Crippen LogP) is 3.29. The van der Waals surface area contributed by atoms with E-state index in [0.717, 1.165) is 32.1 Å². The maximum absolute atomic E-state index is 12.9. The van der Waals surface area contributed by atoms with Gasteiger partial charge in [0, 0.05) is 19.3 Å². The molecule has 0 bridgehead atoms. The molecule has 1 aromatic rings. The van der Waals surface area contributed by atoms with Crippen molar-refractivity contribution in [1.82, 2.24) is 5.32 Å². The molecule has 1 fully saturated rings. The van der Waals surface area contributed by atoms with Crippen LogP contribution in [0, 0.1) is 11.7 Å². The lowest BCUT2D eigenvalue weighted by atomic mass is 10.0. The van der Waals surface area contributed by atoms with Gasteiger partial charge in [-0.3, -0.25) is 0 Å². The number of ether oxygens (including phenoxy) is 1. The molecule has 1 saturated carbocycles. The Labute approximate surface area is 109 Å². The Morgan fingerprint density at radius 3 is 2.67 bits per heavy atom. The highest BCUT2D eigenvalue weighted by Crippen LogP contribution is 2.40. The summed E-state index contributed by atoms with van der Waals surface area (Å²) < 4.78 is 18.2. The van der Waals surface area contributed by atoms with E-state index < -0.39 is 0 Å². The quantitative estimate of drug-likeness (QED) is 0.716. The van der Waals surface area contributed by atoms with Gasteiger partial charge in [0.15, 0.2) is 0 Å². The molecule has 2 nitrogen and oxygen atoms in total. The van der Waals surface area contributed by atoms with Crippen molar-refractivity contribution < 1.29 is 9.13 Å². The first-order chi connectivity index (χ1) is 8.81. The van der Waals surface area contributed by atoms with E-state index in [9.17, 15) is 4.39 Å². The molecule has 3 heteroatoms. The Kier molecular flexibility index (Phi) is 5.14. The van der Waals surface area contributed by atoms with Gasteiger partial charge in [-0.2, -0.15) is 0 Å². The molecule has 0 heterocycles.